The molecule has 2 aromatic heterocycles. The first-order valence-electron chi connectivity index (χ1n) is 8.71. The fraction of sp³-hybridized carbons (Fsp3) is 0.421. The van der Waals surface area contributed by atoms with E-state index in [9.17, 15) is 4.79 Å². The molecule has 0 amide bonds. The lowest BCUT2D eigenvalue weighted by Gasteiger charge is -2.08. The lowest BCUT2D eigenvalue weighted by molar-refractivity contribution is 0.682. The third-order valence-electron chi connectivity index (χ3n) is 5.05. The summed E-state index contributed by atoms with van der Waals surface area (Å²) in [6.45, 7) is 2.05. The molecule has 24 heavy (non-hydrogen) atoms. The Morgan fingerprint density at radius 1 is 1.21 bits per heavy atom. The van der Waals surface area contributed by atoms with E-state index in [0.717, 1.165) is 52.7 Å². The molecule has 1 aromatic carbocycles. The Balaban J connectivity index is 1.74. The molecule has 2 aliphatic rings. The van der Waals surface area contributed by atoms with Crippen LogP contribution >= 0.6 is 11.3 Å². The van der Waals surface area contributed by atoms with Crippen LogP contribution in [-0.2, 0) is 12.8 Å². The van der Waals surface area contributed by atoms with E-state index >= 15 is 0 Å². The first-order valence-corrected chi connectivity index (χ1v) is 9.53. The summed E-state index contributed by atoms with van der Waals surface area (Å²) in [5.41, 5.74) is 4.26. The van der Waals surface area contributed by atoms with Crippen LogP contribution in [0.1, 0.15) is 47.9 Å². The Labute approximate surface area is 144 Å². The number of nitrogens with zero attached hydrogens (tertiary/aromatic N) is 3. The molecule has 0 aliphatic heterocycles. The lowest BCUT2D eigenvalue weighted by atomic mass is 10.0. The molecule has 0 N–H and O–H groups in total. The zero-order chi connectivity index (χ0) is 16.3. The summed E-state index contributed by atoms with van der Waals surface area (Å²) in [4.78, 5) is 23.8. The van der Waals surface area contributed by atoms with E-state index in [4.69, 9.17) is 4.98 Å². The van der Waals surface area contributed by atoms with Crippen molar-refractivity contribution in [2.75, 3.05) is 0 Å². The second-order valence-electron chi connectivity index (χ2n) is 6.99. The highest BCUT2D eigenvalue weighted by Crippen LogP contribution is 2.37. The number of thiazole rings is 1. The molecule has 0 unspecified atom stereocenters. The van der Waals surface area contributed by atoms with Crippen molar-refractivity contribution in [2.45, 2.75) is 51.5 Å². The average Bonchev–Trinajstić information content (AvgIpc) is 3.33. The van der Waals surface area contributed by atoms with Crippen LogP contribution in [0.4, 0.5) is 0 Å². The van der Waals surface area contributed by atoms with Crippen molar-refractivity contribution in [1.82, 2.24) is 14.5 Å². The van der Waals surface area contributed by atoms with E-state index in [-0.39, 0.29) is 5.56 Å². The number of benzene rings is 1. The number of hydrogen-bond donors (Lipinski definition) is 0. The maximum atomic E-state index is 12.8. The molecule has 122 valence electrons. The molecule has 4 nitrogen and oxygen atoms in total. The third kappa shape index (κ3) is 2.22. The molecular formula is C19H19N3OS. The van der Waals surface area contributed by atoms with Crippen LogP contribution < -0.4 is 5.56 Å². The highest BCUT2D eigenvalue weighted by Gasteiger charge is 2.26. The maximum Gasteiger partial charge on any atom is 0.261 e. The first kappa shape index (κ1) is 14.3. The monoisotopic (exact) mass is 337 g/mol. The lowest BCUT2D eigenvalue weighted by Crippen LogP contribution is -2.19. The van der Waals surface area contributed by atoms with Gasteiger partial charge < -0.3 is 0 Å². The van der Waals surface area contributed by atoms with Gasteiger partial charge in [-0.15, -0.1) is 11.3 Å². The van der Waals surface area contributed by atoms with Gasteiger partial charge in [-0.1, -0.05) is 0 Å². The quantitative estimate of drug-likeness (QED) is 0.709. The van der Waals surface area contributed by atoms with Crippen molar-refractivity contribution in [2.24, 2.45) is 0 Å². The van der Waals surface area contributed by atoms with Gasteiger partial charge in [-0.3, -0.25) is 9.36 Å². The fourth-order valence-electron chi connectivity index (χ4n) is 3.64. The largest absolute Gasteiger partial charge is 0.296 e. The molecule has 0 bridgehead atoms. The smallest absolute Gasteiger partial charge is 0.261 e. The van der Waals surface area contributed by atoms with Crippen LogP contribution in [0.15, 0.2) is 23.3 Å². The molecule has 5 heteroatoms. The number of aromatic nitrogens is 3. The number of rotatable bonds is 2. The van der Waals surface area contributed by atoms with E-state index in [1.807, 2.05) is 13.0 Å². The second-order valence-corrected chi connectivity index (χ2v) is 8.08. The minimum atomic E-state index is 0.0915. The fourth-order valence-corrected chi connectivity index (χ4v) is 4.80. The summed E-state index contributed by atoms with van der Waals surface area (Å²) >= 11 is 1.78. The Morgan fingerprint density at radius 3 is 2.83 bits per heavy atom. The second kappa shape index (κ2) is 5.24. The van der Waals surface area contributed by atoms with Gasteiger partial charge in [0.2, 0.25) is 0 Å². The van der Waals surface area contributed by atoms with Gasteiger partial charge in [-0.05, 0) is 63.1 Å². The van der Waals surface area contributed by atoms with Gasteiger partial charge in [0.1, 0.15) is 5.01 Å². The maximum absolute atomic E-state index is 12.8. The molecule has 0 radical (unpaired) electrons. The molecule has 5 rings (SSSR count). The summed E-state index contributed by atoms with van der Waals surface area (Å²) < 4.78 is 1.80. The van der Waals surface area contributed by atoms with Crippen LogP contribution in [0.2, 0.25) is 0 Å². The minimum absolute atomic E-state index is 0.0915. The van der Waals surface area contributed by atoms with Crippen LogP contribution in [-0.4, -0.2) is 14.5 Å². The summed E-state index contributed by atoms with van der Waals surface area (Å²) in [7, 11) is 0. The van der Waals surface area contributed by atoms with E-state index in [0.29, 0.717) is 6.04 Å². The zero-order valence-corrected chi connectivity index (χ0v) is 14.5. The standard InChI is InChI=1S/C19H19N3OS/c1-11-8-13(18-21-15-4-2-3-5-16(15)24-18)17-14(9-11)19(23)22(10-20-17)12-6-7-12/h8-10,12H,2-7H2,1H3. The Hall–Kier alpha value is -2.01. The van der Waals surface area contributed by atoms with E-state index < -0.39 is 0 Å². The molecular weight excluding hydrogens is 318 g/mol. The molecule has 0 atom stereocenters. The van der Waals surface area contributed by atoms with Crippen molar-refractivity contribution < 1.29 is 0 Å². The summed E-state index contributed by atoms with van der Waals surface area (Å²) in [6.07, 6.45) is 8.61. The van der Waals surface area contributed by atoms with Crippen LogP contribution in [0.25, 0.3) is 21.5 Å². The molecule has 2 aliphatic carbocycles. The van der Waals surface area contributed by atoms with Gasteiger partial charge in [0.25, 0.3) is 5.56 Å². The number of aryl methyl sites for hydroxylation is 3. The highest BCUT2D eigenvalue weighted by atomic mass is 32.1. The molecule has 3 aromatic rings. The molecule has 0 saturated heterocycles. The van der Waals surface area contributed by atoms with Gasteiger partial charge in [0.05, 0.1) is 22.9 Å². The summed E-state index contributed by atoms with van der Waals surface area (Å²) in [6, 6.07) is 4.45. The van der Waals surface area contributed by atoms with E-state index in [2.05, 4.69) is 11.1 Å². The molecule has 2 heterocycles. The van der Waals surface area contributed by atoms with Crippen LogP contribution in [0.5, 0.6) is 0 Å². The number of hydrogen-bond acceptors (Lipinski definition) is 4. The third-order valence-corrected chi connectivity index (χ3v) is 6.24. The average molecular weight is 337 g/mol. The van der Waals surface area contributed by atoms with Gasteiger partial charge in [-0.2, -0.15) is 0 Å². The van der Waals surface area contributed by atoms with E-state index in [1.165, 1.54) is 23.4 Å². The minimum Gasteiger partial charge on any atom is -0.296 e. The summed E-state index contributed by atoms with van der Waals surface area (Å²) in [5.74, 6) is 0. The van der Waals surface area contributed by atoms with Crippen molar-refractivity contribution in [3.05, 3.63) is 44.9 Å². The number of fused-ring (bicyclic) bond motifs is 2. The Kier molecular flexibility index (Phi) is 3.13. The van der Waals surface area contributed by atoms with Crippen molar-refractivity contribution in [3.63, 3.8) is 0 Å². The van der Waals surface area contributed by atoms with Gasteiger partial charge in [-0.25, -0.2) is 9.97 Å². The predicted octanol–water partition coefficient (Wildman–Crippen LogP) is 4.04. The van der Waals surface area contributed by atoms with Gasteiger partial charge in [0, 0.05) is 16.5 Å². The molecule has 1 fully saturated rings. The van der Waals surface area contributed by atoms with Gasteiger partial charge >= 0.3 is 0 Å². The SMILES string of the molecule is Cc1cc(-c2nc3c(s2)CCCC3)c2ncn(C3CC3)c(=O)c2c1. The molecule has 0 spiro atoms. The van der Waals surface area contributed by atoms with Crippen molar-refractivity contribution in [3.8, 4) is 10.6 Å². The van der Waals surface area contributed by atoms with Crippen molar-refractivity contribution >= 4 is 22.2 Å². The predicted molar refractivity (Wildman–Crippen MR) is 96.8 cm³/mol. The summed E-state index contributed by atoms with van der Waals surface area (Å²) in [5, 5.41) is 1.75. The van der Waals surface area contributed by atoms with Crippen molar-refractivity contribution in [1.29, 1.82) is 0 Å². The Bertz CT molecular complexity index is 990. The highest BCUT2D eigenvalue weighted by molar-refractivity contribution is 7.15. The van der Waals surface area contributed by atoms with Crippen LogP contribution in [0, 0.1) is 6.92 Å². The Morgan fingerprint density at radius 2 is 2.04 bits per heavy atom. The van der Waals surface area contributed by atoms with E-state index in [1.54, 1.807) is 22.2 Å². The topological polar surface area (TPSA) is 47.8 Å². The normalized spacial score (nSPS) is 17.2. The first-order chi connectivity index (χ1) is 11.7. The zero-order valence-electron chi connectivity index (χ0n) is 13.7. The molecule has 1 saturated carbocycles. The van der Waals surface area contributed by atoms with Gasteiger partial charge in [0.15, 0.2) is 0 Å². The van der Waals surface area contributed by atoms with Crippen LogP contribution in [0.3, 0.4) is 0 Å².